The minimum atomic E-state index is -0.590. The monoisotopic (exact) mass is 276 g/mol. The second-order valence-electron chi connectivity index (χ2n) is 6.90. The fraction of sp³-hybridized carbons (Fsp3) is 0.588. The van der Waals surface area contributed by atoms with E-state index in [1.807, 2.05) is 38.1 Å². The lowest BCUT2D eigenvalue weighted by Gasteiger charge is -2.22. The number of amides is 1. The van der Waals surface area contributed by atoms with E-state index < -0.39 is 6.04 Å². The van der Waals surface area contributed by atoms with E-state index >= 15 is 0 Å². The van der Waals surface area contributed by atoms with Crippen molar-refractivity contribution in [2.75, 3.05) is 0 Å². The molecule has 0 aliphatic heterocycles. The third kappa shape index (κ3) is 5.74. The van der Waals surface area contributed by atoms with Crippen molar-refractivity contribution in [1.82, 2.24) is 5.32 Å². The molecule has 0 radical (unpaired) electrons. The fourth-order valence-corrected chi connectivity index (χ4v) is 1.98. The lowest BCUT2D eigenvalue weighted by atomic mass is 9.89. The molecule has 0 bridgehead atoms. The van der Waals surface area contributed by atoms with Crippen LogP contribution in [0.3, 0.4) is 0 Å². The molecule has 1 rings (SSSR count). The second kappa shape index (κ2) is 6.89. The van der Waals surface area contributed by atoms with Crippen molar-refractivity contribution in [3.8, 4) is 0 Å². The van der Waals surface area contributed by atoms with Gasteiger partial charge in [-0.1, -0.05) is 50.6 Å². The zero-order chi connectivity index (χ0) is 15.3. The Morgan fingerprint density at radius 3 is 2.30 bits per heavy atom. The van der Waals surface area contributed by atoms with Gasteiger partial charge in [0.2, 0.25) is 5.91 Å². The van der Waals surface area contributed by atoms with E-state index in [9.17, 15) is 4.79 Å². The molecule has 1 aromatic rings. The summed E-state index contributed by atoms with van der Waals surface area (Å²) < 4.78 is 0. The molecule has 1 amide bonds. The molecule has 0 fully saturated rings. The van der Waals surface area contributed by atoms with Crippen LogP contribution < -0.4 is 11.1 Å². The van der Waals surface area contributed by atoms with Gasteiger partial charge in [-0.25, -0.2) is 0 Å². The molecule has 1 aromatic carbocycles. The van der Waals surface area contributed by atoms with Gasteiger partial charge in [-0.05, 0) is 37.7 Å². The van der Waals surface area contributed by atoms with Crippen LogP contribution in [0.15, 0.2) is 24.3 Å². The fourth-order valence-electron chi connectivity index (χ4n) is 1.98. The van der Waals surface area contributed by atoms with Gasteiger partial charge in [-0.3, -0.25) is 4.79 Å². The molecule has 0 aliphatic rings. The van der Waals surface area contributed by atoms with Crippen molar-refractivity contribution >= 4 is 5.91 Å². The van der Waals surface area contributed by atoms with Gasteiger partial charge in [0, 0.05) is 6.04 Å². The number of hydrogen-bond donors (Lipinski definition) is 2. The average molecular weight is 276 g/mol. The lowest BCUT2D eigenvalue weighted by Crippen LogP contribution is -2.39. The standard InChI is InChI=1S/C17H28N2O/c1-12-6-8-14(9-7-12)15(18)16(20)19-13(2)10-11-17(3,4)5/h6-9,13,15H,10-11,18H2,1-5H3,(H,19,20). The average Bonchev–Trinajstić information content (AvgIpc) is 2.35. The molecule has 0 saturated carbocycles. The van der Waals surface area contributed by atoms with E-state index in [0.717, 1.165) is 18.4 Å². The molecular weight excluding hydrogens is 248 g/mol. The highest BCUT2D eigenvalue weighted by molar-refractivity contribution is 5.83. The first-order valence-electron chi connectivity index (χ1n) is 7.31. The molecule has 3 nitrogen and oxygen atoms in total. The van der Waals surface area contributed by atoms with Crippen molar-refractivity contribution in [2.24, 2.45) is 11.1 Å². The summed E-state index contributed by atoms with van der Waals surface area (Å²) in [6.45, 7) is 10.7. The molecular formula is C17H28N2O. The number of carbonyl (C=O) groups excluding carboxylic acids is 1. The van der Waals surface area contributed by atoms with Gasteiger partial charge in [-0.15, -0.1) is 0 Å². The van der Waals surface area contributed by atoms with E-state index in [4.69, 9.17) is 5.73 Å². The normalized spacial score (nSPS) is 14.7. The maximum Gasteiger partial charge on any atom is 0.241 e. The summed E-state index contributed by atoms with van der Waals surface area (Å²) >= 11 is 0. The van der Waals surface area contributed by atoms with E-state index in [2.05, 4.69) is 26.1 Å². The van der Waals surface area contributed by atoms with Crippen LogP contribution in [-0.2, 0) is 4.79 Å². The van der Waals surface area contributed by atoms with Crippen LogP contribution in [0.25, 0.3) is 0 Å². The molecule has 2 atom stereocenters. The highest BCUT2D eigenvalue weighted by Gasteiger charge is 2.19. The number of rotatable bonds is 5. The first-order chi connectivity index (χ1) is 9.19. The first kappa shape index (κ1) is 16.7. The molecule has 2 unspecified atom stereocenters. The molecule has 3 N–H and O–H groups in total. The SMILES string of the molecule is Cc1ccc(C(N)C(=O)NC(C)CCC(C)(C)C)cc1. The largest absolute Gasteiger partial charge is 0.352 e. The van der Waals surface area contributed by atoms with Crippen molar-refractivity contribution in [1.29, 1.82) is 0 Å². The van der Waals surface area contributed by atoms with Gasteiger partial charge < -0.3 is 11.1 Å². The maximum absolute atomic E-state index is 12.1. The summed E-state index contributed by atoms with van der Waals surface area (Å²) in [4.78, 5) is 12.1. The zero-order valence-corrected chi connectivity index (χ0v) is 13.4. The number of aryl methyl sites for hydroxylation is 1. The summed E-state index contributed by atoms with van der Waals surface area (Å²) in [6, 6.07) is 7.35. The third-order valence-electron chi connectivity index (χ3n) is 3.43. The zero-order valence-electron chi connectivity index (χ0n) is 13.4. The Hall–Kier alpha value is -1.35. The van der Waals surface area contributed by atoms with Gasteiger partial charge in [0.05, 0.1) is 0 Å². The molecule has 0 aromatic heterocycles. The number of nitrogens with one attached hydrogen (secondary N) is 1. The van der Waals surface area contributed by atoms with E-state index in [1.165, 1.54) is 5.56 Å². The quantitative estimate of drug-likeness (QED) is 0.866. The Balaban J connectivity index is 2.51. The van der Waals surface area contributed by atoms with E-state index in [-0.39, 0.29) is 17.4 Å². The van der Waals surface area contributed by atoms with Crippen molar-refractivity contribution in [2.45, 2.75) is 59.5 Å². The van der Waals surface area contributed by atoms with Crippen LogP contribution in [0.1, 0.15) is 57.7 Å². The van der Waals surface area contributed by atoms with Crippen LogP contribution in [-0.4, -0.2) is 11.9 Å². The second-order valence-corrected chi connectivity index (χ2v) is 6.90. The van der Waals surface area contributed by atoms with E-state index in [1.54, 1.807) is 0 Å². The summed E-state index contributed by atoms with van der Waals surface area (Å²) in [7, 11) is 0. The van der Waals surface area contributed by atoms with Crippen molar-refractivity contribution < 1.29 is 4.79 Å². The van der Waals surface area contributed by atoms with Gasteiger partial charge in [-0.2, -0.15) is 0 Å². The summed E-state index contributed by atoms with van der Waals surface area (Å²) in [5, 5.41) is 3.00. The molecule has 20 heavy (non-hydrogen) atoms. The molecule has 0 aliphatic carbocycles. The van der Waals surface area contributed by atoms with Gasteiger partial charge >= 0.3 is 0 Å². The summed E-state index contributed by atoms with van der Waals surface area (Å²) in [5.74, 6) is -0.102. The highest BCUT2D eigenvalue weighted by Crippen LogP contribution is 2.21. The van der Waals surface area contributed by atoms with E-state index in [0.29, 0.717) is 0 Å². The lowest BCUT2D eigenvalue weighted by molar-refractivity contribution is -0.123. The van der Waals surface area contributed by atoms with Gasteiger partial charge in [0.15, 0.2) is 0 Å². The summed E-state index contributed by atoms with van der Waals surface area (Å²) in [5.41, 5.74) is 8.32. The van der Waals surface area contributed by atoms with Crippen molar-refractivity contribution in [3.05, 3.63) is 35.4 Å². The number of hydrogen-bond acceptors (Lipinski definition) is 2. The number of nitrogens with two attached hydrogens (primary N) is 1. The first-order valence-corrected chi connectivity index (χ1v) is 7.31. The van der Waals surface area contributed by atoms with Crippen LogP contribution in [0.4, 0.5) is 0 Å². The molecule has 0 heterocycles. The Morgan fingerprint density at radius 2 is 1.80 bits per heavy atom. The minimum absolute atomic E-state index is 0.102. The van der Waals surface area contributed by atoms with Gasteiger partial charge in [0.25, 0.3) is 0 Å². The Kier molecular flexibility index (Phi) is 5.75. The maximum atomic E-state index is 12.1. The highest BCUT2D eigenvalue weighted by atomic mass is 16.2. The van der Waals surface area contributed by atoms with Gasteiger partial charge in [0.1, 0.15) is 6.04 Å². The summed E-state index contributed by atoms with van der Waals surface area (Å²) in [6.07, 6.45) is 2.05. The van der Waals surface area contributed by atoms with Crippen LogP contribution in [0, 0.1) is 12.3 Å². The molecule has 0 spiro atoms. The molecule has 112 valence electrons. The molecule has 0 saturated heterocycles. The topological polar surface area (TPSA) is 55.1 Å². The Morgan fingerprint density at radius 1 is 1.25 bits per heavy atom. The minimum Gasteiger partial charge on any atom is -0.352 e. The predicted molar refractivity (Wildman–Crippen MR) is 84.4 cm³/mol. The Labute approximate surface area is 122 Å². The predicted octanol–water partition coefficient (Wildman–Crippen LogP) is 3.33. The van der Waals surface area contributed by atoms with Crippen LogP contribution >= 0.6 is 0 Å². The Bertz CT molecular complexity index is 431. The van der Waals surface area contributed by atoms with Crippen LogP contribution in [0.5, 0.6) is 0 Å². The smallest absolute Gasteiger partial charge is 0.241 e. The number of carbonyl (C=O) groups is 1. The van der Waals surface area contributed by atoms with Crippen molar-refractivity contribution in [3.63, 3.8) is 0 Å². The molecule has 3 heteroatoms. The number of benzene rings is 1. The third-order valence-corrected chi connectivity index (χ3v) is 3.43. The van der Waals surface area contributed by atoms with Crippen LogP contribution in [0.2, 0.25) is 0 Å².